The number of amides is 2. The normalized spacial score (nSPS) is 15.4. The monoisotopic (exact) mass is 361 g/mol. The maximum absolute atomic E-state index is 11.7. The van der Waals surface area contributed by atoms with Crippen LogP contribution in [0.1, 0.15) is 11.3 Å². The molecule has 7 heteroatoms. The number of pyridine rings is 1. The molecule has 0 atom stereocenters. The molecule has 2 amide bonds. The number of carbonyl (C=O) groups is 2. The van der Waals surface area contributed by atoms with Gasteiger partial charge >= 0.3 is 0 Å². The second-order valence-corrected chi connectivity index (χ2v) is 6.66. The smallest absolute Gasteiger partial charge is 0.290 e. The van der Waals surface area contributed by atoms with Gasteiger partial charge in [0.25, 0.3) is 11.1 Å². The molecular formula is C19H11N3O3S. The first-order valence-electron chi connectivity index (χ1n) is 7.73. The van der Waals surface area contributed by atoms with Gasteiger partial charge in [0.15, 0.2) is 0 Å². The van der Waals surface area contributed by atoms with Crippen molar-refractivity contribution in [1.29, 1.82) is 5.26 Å². The highest BCUT2D eigenvalue weighted by Crippen LogP contribution is 2.33. The van der Waals surface area contributed by atoms with E-state index >= 15 is 0 Å². The number of hydrogen-bond acceptors (Lipinski definition) is 6. The fourth-order valence-corrected chi connectivity index (χ4v) is 3.41. The van der Waals surface area contributed by atoms with E-state index in [1.807, 2.05) is 24.3 Å². The Kier molecular flexibility index (Phi) is 4.03. The van der Waals surface area contributed by atoms with Gasteiger partial charge in [-0.1, -0.05) is 18.2 Å². The summed E-state index contributed by atoms with van der Waals surface area (Å²) >= 11 is 0.842. The number of hydrogen-bond donors (Lipinski definition) is 1. The minimum absolute atomic E-state index is 0.291. The number of rotatable bonds is 3. The molecule has 0 aliphatic carbocycles. The molecule has 1 aliphatic heterocycles. The molecule has 0 unspecified atom stereocenters. The first-order valence-corrected chi connectivity index (χ1v) is 8.54. The van der Waals surface area contributed by atoms with Gasteiger partial charge in [-0.3, -0.25) is 19.9 Å². The number of nitrogens with zero attached hydrogens (tertiary/aromatic N) is 2. The van der Waals surface area contributed by atoms with Gasteiger partial charge in [-0.2, -0.15) is 5.26 Å². The highest BCUT2D eigenvalue weighted by molar-refractivity contribution is 8.18. The molecule has 0 spiro atoms. The number of nitrogens with one attached hydrogen (secondary N) is 1. The van der Waals surface area contributed by atoms with E-state index in [2.05, 4.69) is 16.4 Å². The Morgan fingerprint density at radius 2 is 2.15 bits per heavy atom. The number of carbonyl (C=O) groups excluding carboxylic acids is 2. The predicted octanol–water partition coefficient (Wildman–Crippen LogP) is 3.88. The van der Waals surface area contributed by atoms with Crippen LogP contribution in [0.5, 0.6) is 0 Å². The van der Waals surface area contributed by atoms with Gasteiger partial charge in [-0.25, -0.2) is 0 Å². The lowest BCUT2D eigenvalue weighted by molar-refractivity contribution is -0.115. The Labute approximate surface area is 152 Å². The molecule has 6 nitrogen and oxygen atoms in total. The number of benzene rings is 1. The number of aromatic nitrogens is 1. The zero-order valence-corrected chi connectivity index (χ0v) is 14.2. The molecule has 3 aromatic rings. The van der Waals surface area contributed by atoms with Crippen LogP contribution in [-0.4, -0.2) is 16.1 Å². The van der Waals surface area contributed by atoms with E-state index in [0.717, 1.165) is 33.8 Å². The minimum atomic E-state index is -0.428. The average molecular weight is 361 g/mol. The maximum atomic E-state index is 11.7. The summed E-state index contributed by atoms with van der Waals surface area (Å²) in [5.74, 6) is 0.0396. The van der Waals surface area contributed by atoms with Crippen molar-refractivity contribution in [2.75, 3.05) is 0 Å². The van der Waals surface area contributed by atoms with Gasteiger partial charge in [0.1, 0.15) is 11.3 Å². The molecule has 4 rings (SSSR count). The Hall–Kier alpha value is -3.37. The van der Waals surface area contributed by atoms with Gasteiger partial charge in [0.2, 0.25) is 0 Å². The SMILES string of the molecule is N#CCc1cccc(-c2cncc3cc(/C=C4/SC(=O)NC4=O)oc23)c1. The summed E-state index contributed by atoms with van der Waals surface area (Å²) < 4.78 is 5.91. The molecule has 3 heterocycles. The molecule has 0 radical (unpaired) electrons. The second-order valence-electron chi connectivity index (χ2n) is 5.64. The molecule has 1 aromatic carbocycles. The van der Waals surface area contributed by atoms with E-state index in [4.69, 9.17) is 9.68 Å². The minimum Gasteiger partial charge on any atom is -0.456 e. The lowest BCUT2D eigenvalue weighted by Crippen LogP contribution is -2.17. The summed E-state index contributed by atoms with van der Waals surface area (Å²) in [6, 6.07) is 11.5. The van der Waals surface area contributed by atoms with Gasteiger partial charge < -0.3 is 4.42 Å². The second kappa shape index (κ2) is 6.50. The van der Waals surface area contributed by atoms with Gasteiger partial charge in [-0.05, 0) is 35.0 Å². The number of imide groups is 1. The van der Waals surface area contributed by atoms with Crippen molar-refractivity contribution in [3.63, 3.8) is 0 Å². The Balaban J connectivity index is 1.78. The first kappa shape index (κ1) is 16.1. The third-order valence-electron chi connectivity index (χ3n) is 3.88. The molecule has 126 valence electrons. The van der Waals surface area contributed by atoms with Crippen LogP contribution in [0.25, 0.3) is 28.2 Å². The van der Waals surface area contributed by atoms with Crippen LogP contribution in [0.15, 0.2) is 52.0 Å². The zero-order valence-electron chi connectivity index (χ0n) is 13.4. The van der Waals surface area contributed by atoms with Crippen molar-refractivity contribution in [3.05, 3.63) is 59.0 Å². The number of furan rings is 1. The van der Waals surface area contributed by atoms with Crippen LogP contribution in [0.4, 0.5) is 4.79 Å². The largest absolute Gasteiger partial charge is 0.456 e. The number of thioether (sulfide) groups is 1. The van der Waals surface area contributed by atoms with Crippen molar-refractivity contribution >= 4 is 40.0 Å². The van der Waals surface area contributed by atoms with Crippen molar-refractivity contribution in [3.8, 4) is 17.2 Å². The van der Waals surface area contributed by atoms with Crippen molar-refractivity contribution < 1.29 is 14.0 Å². The molecule has 1 aliphatic rings. The van der Waals surface area contributed by atoms with Crippen LogP contribution in [-0.2, 0) is 11.2 Å². The summed E-state index contributed by atoms with van der Waals surface area (Å²) in [6.45, 7) is 0. The van der Waals surface area contributed by atoms with E-state index in [0.29, 0.717) is 22.7 Å². The lowest BCUT2D eigenvalue weighted by atomic mass is 10.0. The average Bonchev–Trinajstić information content (AvgIpc) is 3.17. The zero-order chi connectivity index (χ0) is 18.1. The number of nitriles is 1. The standard InChI is InChI=1S/C19H11N3O3S/c20-5-4-11-2-1-3-12(6-11)15-10-21-9-13-7-14(25-17(13)15)8-16-18(23)22-19(24)26-16/h1-3,6-10H,4H2,(H,22,23,24)/b16-8+. The summed E-state index contributed by atoms with van der Waals surface area (Å²) in [7, 11) is 0. The first-order chi connectivity index (χ1) is 12.6. The van der Waals surface area contributed by atoms with Gasteiger partial charge in [-0.15, -0.1) is 0 Å². The summed E-state index contributed by atoms with van der Waals surface area (Å²) in [6.07, 6.45) is 5.25. The van der Waals surface area contributed by atoms with Crippen LogP contribution < -0.4 is 5.32 Å². The quantitative estimate of drug-likeness (QED) is 0.711. The van der Waals surface area contributed by atoms with E-state index in [9.17, 15) is 9.59 Å². The van der Waals surface area contributed by atoms with Crippen molar-refractivity contribution in [2.24, 2.45) is 0 Å². The van der Waals surface area contributed by atoms with Gasteiger partial charge in [0.05, 0.1) is 17.4 Å². The van der Waals surface area contributed by atoms with Gasteiger partial charge in [0, 0.05) is 29.4 Å². The molecule has 1 N–H and O–H groups in total. The fourth-order valence-electron chi connectivity index (χ4n) is 2.75. The predicted molar refractivity (Wildman–Crippen MR) is 97.9 cm³/mol. The van der Waals surface area contributed by atoms with Crippen molar-refractivity contribution in [1.82, 2.24) is 10.3 Å². The Bertz CT molecular complexity index is 1120. The maximum Gasteiger partial charge on any atom is 0.290 e. The molecule has 0 saturated carbocycles. The van der Waals surface area contributed by atoms with E-state index < -0.39 is 11.1 Å². The highest BCUT2D eigenvalue weighted by atomic mass is 32.2. The fraction of sp³-hybridized carbons (Fsp3) is 0.0526. The van der Waals surface area contributed by atoms with Crippen LogP contribution >= 0.6 is 11.8 Å². The Morgan fingerprint density at radius 3 is 2.92 bits per heavy atom. The third kappa shape index (κ3) is 2.98. The molecule has 1 fully saturated rings. The summed E-state index contributed by atoms with van der Waals surface area (Å²) in [4.78, 5) is 27.5. The van der Waals surface area contributed by atoms with Crippen LogP contribution in [0.2, 0.25) is 0 Å². The highest BCUT2D eigenvalue weighted by Gasteiger charge is 2.25. The van der Waals surface area contributed by atoms with E-state index in [-0.39, 0.29) is 0 Å². The molecule has 2 aromatic heterocycles. The summed E-state index contributed by atoms with van der Waals surface area (Å²) in [5.41, 5.74) is 3.24. The molecular weight excluding hydrogens is 350 g/mol. The topological polar surface area (TPSA) is 96.0 Å². The number of fused-ring (bicyclic) bond motifs is 1. The van der Waals surface area contributed by atoms with Crippen LogP contribution in [0, 0.1) is 11.3 Å². The molecule has 26 heavy (non-hydrogen) atoms. The third-order valence-corrected chi connectivity index (χ3v) is 4.69. The van der Waals surface area contributed by atoms with Crippen molar-refractivity contribution in [2.45, 2.75) is 6.42 Å². The molecule has 0 bridgehead atoms. The lowest BCUT2D eigenvalue weighted by Gasteiger charge is -2.03. The summed E-state index contributed by atoms with van der Waals surface area (Å²) in [5, 5.41) is 11.5. The van der Waals surface area contributed by atoms with E-state index in [1.165, 1.54) is 0 Å². The molecule has 1 saturated heterocycles. The Morgan fingerprint density at radius 1 is 1.27 bits per heavy atom. The van der Waals surface area contributed by atoms with E-state index in [1.54, 1.807) is 24.5 Å². The van der Waals surface area contributed by atoms with Crippen LogP contribution in [0.3, 0.4) is 0 Å².